The molecule has 204 valence electrons. The molecule has 0 amide bonds. The first-order valence-corrected chi connectivity index (χ1v) is 15.7. The number of rotatable bonds is 4. The van der Waals surface area contributed by atoms with E-state index < -0.39 is 19.6 Å². The van der Waals surface area contributed by atoms with Crippen molar-refractivity contribution in [1.82, 2.24) is 0 Å². The van der Waals surface area contributed by atoms with Gasteiger partial charge in [-0.1, -0.05) is 46.8 Å². The molecule has 5 rings (SSSR count). The number of allylic oxidation sites excluding steroid dienone is 1. The van der Waals surface area contributed by atoms with Crippen molar-refractivity contribution in [1.29, 1.82) is 0 Å². The fourth-order valence-electron chi connectivity index (χ4n) is 11.8. The van der Waals surface area contributed by atoms with E-state index >= 15 is 0 Å². The fraction of sp³-hybridized carbons (Fsp3) is 0.900. The van der Waals surface area contributed by atoms with Crippen LogP contribution >= 0.6 is 8.25 Å². The summed E-state index contributed by atoms with van der Waals surface area (Å²) >= 11 is 0. The number of carboxylic acids is 1. The van der Waals surface area contributed by atoms with Gasteiger partial charge in [0.1, 0.15) is 0 Å². The van der Waals surface area contributed by atoms with Crippen LogP contribution in [0, 0.1) is 56.7 Å². The smallest absolute Gasteiger partial charge is 0.316 e. The van der Waals surface area contributed by atoms with Gasteiger partial charge in [-0.3, -0.25) is 9.36 Å². The average Bonchev–Trinajstić information content (AvgIpc) is 3.17. The maximum Gasteiger partial charge on any atom is 0.316 e. The van der Waals surface area contributed by atoms with Gasteiger partial charge in [-0.25, -0.2) is 0 Å². The second-order valence-corrected chi connectivity index (χ2v) is 15.6. The second-order valence-electron chi connectivity index (χ2n) is 14.9. The maximum atomic E-state index is 12.8. The van der Waals surface area contributed by atoms with Crippen molar-refractivity contribution >= 4 is 14.2 Å². The highest BCUT2D eigenvalue weighted by Gasteiger charge is 2.72. The minimum atomic E-state index is -2.96. The fourth-order valence-corrected chi connectivity index (χ4v) is 12.5. The maximum absolute atomic E-state index is 12.8. The van der Waals surface area contributed by atoms with Crippen LogP contribution in [0.4, 0.5) is 0 Å². The molecule has 0 spiro atoms. The van der Waals surface area contributed by atoms with Gasteiger partial charge in [-0.05, 0) is 122 Å². The van der Waals surface area contributed by atoms with Crippen LogP contribution in [0.1, 0.15) is 106 Å². The molecule has 5 nitrogen and oxygen atoms in total. The molecule has 0 heterocycles. The molecule has 5 aliphatic rings. The van der Waals surface area contributed by atoms with Crippen molar-refractivity contribution in [3.8, 4) is 0 Å². The Kier molecular flexibility index (Phi) is 6.31. The molecule has 0 radical (unpaired) electrons. The first kappa shape index (κ1) is 26.9. The van der Waals surface area contributed by atoms with E-state index in [1.165, 1.54) is 5.57 Å². The zero-order valence-electron chi connectivity index (χ0n) is 23.4. The van der Waals surface area contributed by atoms with Crippen molar-refractivity contribution in [3.05, 3.63) is 12.2 Å². The van der Waals surface area contributed by atoms with Crippen molar-refractivity contribution in [2.45, 2.75) is 112 Å². The predicted octanol–water partition coefficient (Wildman–Crippen LogP) is 7.50. The zero-order chi connectivity index (χ0) is 26.5. The van der Waals surface area contributed by atoms with Gasteiger partial charge < -0.3 is 14.5 Å². The van der Waals surface area contributed by atoms with E-state index in [4.69, 9.17) is 4.52 Å². The molecule has 0 aromatic heterocycles. The average molecular weight is 521 g/mol. The molecule has 0 bridgehead atoms. The molecule has 6 heteroatoms. The van der Waals surface area contributed by atoms with Gasteiger partial charge in [0.05, 0.1) is 11.5 Å². The number of hydrogen-bond acceptors (Lipinski definition) is 3. The van der Waals surface area contributed by atoms with Crippen LogP contribution in [-0.4, -0.2) is 22.1 Å². The Morgan fingerprint density at radius 3 is 2.19 bits per heavy atom. The number of aliphatic carboxylic acids is 1. The van der Waals surface area contributed by atoms with Crippen LogP contribution in [0.25, 0.3) is 0 Å². The summed E-state index contributed by atoms with van der Waals surface area (Å²) < 4.78 is 17.2. The van der Waals surface area contributed by atoms with E-state index in [0.717, 1.165) is 64.2 Å². The molecule has 36 heavy (non-hydrogen) atoms. The van der Waals surface area contributed by atoms with E-state index in [1.54, 1.807) is 0 Å². The zero-order valence-corrected chi connectivity index (χ0v) is 24.4. The molecule has 2 N–H and O–H groups in total. The Morgan fingerprint density at radius 2 is 1.58 bits per heavy atom. The van der Waals surface area contributed by atoms with Crippen LogP contribution in [0.5, 0.6) is 0 Å². The van der Waals surface area contributed by atoms with Gasteiger partial charge in [0.15, 0.2) is 0 Å². The second kappa shape index (κ2) is 8.43. The van der Waals surface area contributed by atoms with Crippen LogP contribution < -0.4 is 0 Å². The lowest BCUT2D eigenvalue weighted by atomic mass is 9.32. The van der Waals surface area contributed by atoms with Gasteiger partial charge in [0.25, 0.3) is 0 Å². The van der Waals surface area contributed by atoms with E-state index in [1.807, 2.05) is 0 Å². The number of carbonyl (C=O) groups is 1. The first-order chi connectivity index (χ1) is 16.6. The Hall–Kier alpha value is -0.640. The molecule has 0 saturated heterocycles. The largest absolute Gasteiger partial charge is 0.481 e. The summed E-state index contributed by atoms with van der Waals surface area (Å²) in [6.45, 7) is 18.6. The van der Waals surface area contributed by atoms with Gasteiger partial charge in [-0.2, -0.15) is 0 Å². The molecular formula is C30H49O5P. The van der Waals surface area contributed by atoms with Crippen molar-refractivity contribution in [2.75, 3.05) is 0 Å². The van der Waals surface area contributed by atoms with E-state index in [-0.39, 0.29) is 33.7 Å². The van der Waals surface area contributed by atoms with Crippen LogP contribution in [0.15, 0.2) is 12.2 Å². The van der Waals surface area contributed by atoms with Crippen molar-refractivity contribution in [2.24, 2.45) is 56.7 Å². The minimum absolute atomic E-state index is 0.124. The van der Waals surface area contributed by atoms with Crippen LogP contribution in [-0.2, 0) is 13.9 Å². The molecule has 0 aromatic carbocycles. The van der Waals surface area contributed by atoms with Crippen molar-refractivity contribution in [3.63, 3.8) is 0 Å². The SMILES string of the molecule is C=C(C)[C@@H]1CC[C@]2(C(=O)O)CC[C@]3(C)[C@H](CC[C@@H]4[C@@]5(C)CC[C@H](O[PH](=O)O)C(C)(C)[C@@H]5CC[C@]43C)[C@@H]12. The number of carboxylic acid groups (broad SMARTS) is 1. The molecule has 0 aliphatic heterocycles. The summed E-state index contributed by atoms with van der Waals surface area (Å²) in [5.41, 5.74) is 0.925. The van der Waals surface area contributed by atoms with Gasteiger partial charge in [0.2, 0.25) is 0 Å². The van der Waals surface area contributed by atoms with Gasteiger partial charge >= 0.3 is 14.2 Å². The molecule has 0 aromatic rings. The van der Waals surface area contributed by atoms with Crippen LogP contribution in [0.2, 0.25) is 0 Å². The highest BCUT2D eigenvalue weighted by atomic mass is 31.1. The summed E-state index contributed by atoms with van der Waals surface area (Å²) in [5, 5.41) is 10.5. The highest BCUT2D eigenvalue weighted by Crippen LogP contribution is 2.77. The number of hydrogen-bond donors (Lipinski definition) is 2. The van der Waals surface area contributed by atoms with Crippen LogP contribution in [0.3, 0.4) is 0 Å². The lowest BCUT2D eigenvalue weighted by Crippen LogP contribution is -2.67. The predicted molar refractivity (Wildman–Crippen MR) is 143 cm³/mol. The molecule has 5 saturated carbocycles. The lowest BCUT2D eigenvalue weighted by molar-refractivity contribution is -0.246. The third kappa shape index (κ3) is 3.33. The summed E-state index contributed by atoms with van der Waals surface area (Å²) in [4.78, 5) is 22.4. The third-order valence-electron chi connectivity index (χ3n) is 13.7. The first-order valence-electron chi connectivity index (χ1n) is 14.4. The summed E-state index contributed by atoms with van der Waals surface area (Å²) in [5.74, 6) is 1.44. The van der Waals surface area contributed by atoms with Gasteiger partial charge in [-0.15, -0.1) is 0 Å². The van der Waals surface area contributed by atoms with Crippen molar-refractivity contribution < 1.29 is 23.9 Å². The summed E-state index contributed by atoms with van der Waals surface area (Å²) in [6.07, 6.45) is 9.86. The lowest BCUT2D eigenvalue weighted by Gasteiger charge is -2.72. The highest BCUT2D eigenvalue weighted by molar-refractivity contribution is 7.32. The Morgan fingerprint density at radius 1 is 0.889 bits per heavy atom. The minimum Gasteiger partial charge on any atom is -0.481 e. The summed E-state index contributed by atoms with van der Waals surface area (Å²) in [7, 11) is -2.96. The Balaban J connectivity index is 1.52. The molecular weight excluding hydrogens is 471 g/mol. The molecule has 11 atom stereocenters. The Labute approximate surface area is 218 Å². The number of fused-ring (bicyclic) bond motifs is 7. The third-order valence-corrected chi connectivity index (χ3v) is 14.2. The molecule has 1 unspecified atom stereocenters. The quantitative estimate of drug-likeness (QED) is 0.296. The molecule has 5 fully saturated rings. The Bertz CT molecular complexity index is 976. The van der Waals surface area contributed by atoms with E-state index in [0.29, 0.717) is 23.7 Å². The monoisotopic (exact) mass is 520 g/mol. The van der Waals surface area contributed by atoms with Gasteiger partial charge in [0, 0.05) is 0 Å². The van der Waals surface area contributed by atoms with E-state index in [2.05, 4.69) is 48.1 Å². The standard InChI is InChI=1S/C30H49O5P/c1-18(2)19-10-15-30(25(31)32)17-16-28(6)20(24(19)30)8-9-22-27(5)13-12-23(35-36(33)34)26(3,4)21(27)11-14-29(22,28)7/h19-24,36H,1,8-17H2,2-7H3,(H,31,32)(H,33,34)/t19-,20+,21-,22+,23-,24+,27-,28+,29+,30-/m0/s1. The summed E-state index contributed by atoms with van der Waals surface area (Å²) in [6, 6.07) is 0. The normalized spacial score (nSPS) is 52.3. The molecule has 5 aliphatic carbocycles. The van der Waals surface area contributed by atoms with E-state index in [9.17, 15) is 19.4 Å². The topological polar surface area (TPSA) is 83.8 Å².